The Morgan fingerprint density at radius 1 is 1.52 bits per heavy atom. The summed E-state index contributed by atoms with van der Waals surface area (Å²) in [7, 11) is 0. The number of thiazole rings is 1. The monoisotopic (exact) mass is 311 g/mol. The van der Waals surface area contributed by atoms with E-state index in [0.29, 0.717) is 26.2 Å². The lowest BCUT2D eigenvalue weighted by Crippen LogP contribution is -2.44. The molecule has 1 aromatic heterocycles. The lowest BCUT2D eigenvalue weighted by atomic mass is 9.99. The lowest BCUT2D eigenvalue weighted by Gasteiger charge is -2.29. The molecule has 2 rings (SSSR count). The number of nitrogens with one attached hydrogen (secondary N) is 1. The number of carbonyl (C=O) groups excluding carboxylic acids is 1. The van der Waals surface area contributed by atoms with Crippen LogP contribution in [0.15, 0.2) is 5.38 Å². The first kappa shape index (κ1) is 16.4. The van der Waals surface area contributed by atoms with Crippen molar-refractivity contribution >= 4 is 17.2 Å². The van der Waals surface area contributed by atoms with E-state index in [9.17, 15) is 4.79 Å². The van der Waals surface area contributed by atoms with Crippen molar-refractivity contribution in [1.82, 2.24) is 15.2 Å². The van der Waals surface area contributed by atoms with Crippen molar-refractivity contribution in [1.29, 1.82) is 0 Å². The molecular weight excluding hydrogens is 286 g/mol. The molecule has 1 atom stereocenters. The van der Waals surface area contributed by atoms with Crippen molar-refractivity contribution in [3.8, 4) is 0 Å². The van der Waals surface area contributed by atoms with E-state index in [-0.39, 0.29) is 11.4 Å². The molecule has 5 nitrogen and oxygen atoms in total. The van der Waals surface area contributed by atoms with Crippen molar-refractivity contribution < 1.29 is 9.53 Å². The van der Waals surface area contributed by atoms with Gasteiger partial charge in [0.05, 0.1) is 18.8 Å². The first-order valence-electron chi connectivity index (χ1n) is 7.58. The number of aromatic nitrogens is 1. The smallest absolute Gasteiger partial charge is 0.224 e. The van der Waals surface area contributed by atoms with E-state index in [0.717, 1.165) is 30.2 Å². The number of carbonyl (C=O) groups is 1. The predicted octanol–water partition coefficient (Wildman–Crippen LogP) is 1.92. The predicted molar refractivity (Wildman–Crippen MR) is 84.5 cm³/mol. The van der Waals surface area contributed by atoms with Crippen molar-refractivity contribution in [3.63, 3.8) is 0 Å². The Morgan fingerprint density at radius 2 is 2.24 bits per heavy atom. The molecule has 1 N–H and O–H groups in total. The van der Waals surface area contributed by atoms with Crippen LogP contribution < -0.4 is 5.32 Å². The van der Waals surface area contributed by atoms with Gasteiger partial charge in [0, 0.05) is 37.1 Å². The lowest BCUT2D eigenvalue weighted by molar-refractivity contribution is -0.135. The van der Waals surface area contributed by atoms with Crippen LogP contribution in [0.4, 0.5) is 0 Å². The number of nitrogens with zero attached hydrogens (tertiary/aromatic N) is 2. The van der Waals surface area contributed by atoms with Crippen molar-refractivity contribution in [2.45, 2.75) is 39.2 Å². The molecule has 1 fully saturated rings. The molecule has 1 amide bonds. The Morgan fingerprint density at radius 3 is 2.81 bits per heavy atom. The van der Waals surface area contributed by atoms with E-state index >= 15 is 0 Å². The van der Waals surface area contributed by atoms with Crippen LogP contribution in [0.2, 0.25) is 0 Å². The quantitative estimate of drug-likeness (QED) is 0.872. The summed E-state index contributed by atoms with van der Waals surface area (Å²) >= 11 is 1.68. The minimum atomic E-state index is -0.149. The third-order valence-electron chi connectivity index (χ3n) is 4.02. The molecule has 1 aromatic rings. The number of ether oxygens (including phenoxy) is 1. The maximum absolute atomic E-state index is 12.1. The van der Waals surface area contributed by atoms with Gasteiger partial charge in [0.2, 0.25) is 5.91 Å². The van der Waals surface area contributed by atoms with E-state index in [1.54, 1.807) is 11.3 Å². The fourth-order valence-corrected chi connectivity index (χ4v) is 3.38. The molecule has 1 unspecified atom stereocenters. The highest BCUT2D eigenvalue weighted by Gasteiger charge is 2.27. The molecule has 21 heavy (non-hydrogen) atoms. The second kappa shape index (κ2) is 7.33. The third kappa shape index (κ3) is 4.25. The molecule has 1 aliphatic heterocycles. The third-order valence-corrected chi connectivity index (χ3v) is 5.24. The fraction of sp³-hybridized carbons (Fsp3) is 0.733. The summed E-state index contributed by atoms with van der Waals surface area (Å²) in [6.45, 7) is 9.74. The Bertz CT molecular complexity index is 471. The Kier molecular flexibility index (Phi) is 5.72. The zero-order valence-electron chi connectivity index (χ0n) is 13.1. The first-order valence-corrected chi connectivity index (χ1v) is 8.46. The molecule has 0 bridgehead atoms. The number of hydrogen-bond donors (Lipinski definition) is 1. The van der Waals surface area contributed by atoms with Gasteiger partial charge in [-0.1, -0.05) is 6.92 Å². The molecule has 0 saturated carbocycles. The van der Waals surface area contributed by atoms with Gasteiger partial charge in [-0.2, -0.15) is 0 Å². The molecule has 1 aliphatic rings. The average Bonchev–Trinajstić information content (AvgIpc) is 2.95. The van der Waals surface area contributed by atoms with Gasteiger partial charge in [-0.05, 0) is 20.3 Å². The van der Waals surface area contributed by atoms with E-state index in [1.165, 1.54) is 0 Å². The van der Waals surface area contributed by atoms with Gasteiger partial charge in [-0.3, -0.25) is 4.79 Å². The van der Waals surface area contributed by atoms with Crippen LogP contribution in [-0.4, -0.2) is 48.6 Å². The van der Waals surface area contributed by atoms with Crippen molar-refractivity contribution in [2.75, 3.05) is 32.8 Å². The van der Waals surface area contributed by atoms with E-state index < -0.39 is 0 Å². The van der Waals surface area contributed by atoms with Crippen LogP contribution in [-0.2, 0) is 15.1 Å². The minimum absolute atomic E-state index is 0.149. The van der Waals surface area contributed by atoms with Gasteiger partial charge in [-0.25, -0.2) is 4.98 Å². The van der Waals surface area contributed by atoms with E-state index in [4.69, 9.17) is 4.74 Å². The summed E-state index contributed by atoms with van der Waals surface area (Å²) in [4.78, 5) is 18.6. The van der Waals surface area contributed by atoms with Crippen LogP contribution in [0.1, 0.15) is 37.4 Å². The standard InChI is InChI=1S/C15H25N3O2S/c1-4-15(3,14-17-12(2)11-21-14)16-6-5-13(19)18-7-9-20-10-8-18/h11,16H,4-10H2,1-3H3. The van der Waals surface area contributed by atoms with Crippen LogP contribution >= 0.6 is 11.3 Å². The largest absolute Gasteiger partial charge is 0.378 e. The first-order chi connectivity index (χ1) is 10.0. The Labute approximate surface area is 130 Å². The van der Waals surface area contributed by atoms with Crippen molar-refractivity contribution in [2.24, 2.45) is 0 Å². The fourth-order valence-electron chi connectivity index (χ4n) is 2.38. The van der Waals surface area contributed by atoms with Gasteiger partial charge < -0.3 is 15.0 Å². The number of aryl methyl sites for hydroxylation is 1. The van der Waals surface area contributed by atoms with Gasteiger partial charge >= 0.3 is 0 Å². The van der Waals surface area contributed by atoms with Gasteiger partial charge in [-0.15, -0.1) is 11.3 Å². The molecule has 0 radical (unpaired) electrons. The molecule has 2 heterocycles. The number of amides is 1. The molecule has 1 saturated heterocycles. The SMILES string of the molecule is CCC(C)(NCCC(=O)N1CCOCC1)c1nc(C)cs1. The topological polar surface area (TPSA) is 54.5 Å². The summed E-state index contributed by atoms with van der Waals surface area (Å²) in [5.74, 6) is 0.208. The molecule has 0 spiro atoms. The van der Waals surface area contributed by atoms with E-state index in [1.807, 2.05) is 11.8 Å². The second-order valence-electron chi connectivity index (χ2n) is 5.65. The second-order valence-corrected chi connectivity index (χ2v) is 6.51. The normalized spacial score (nSPS) is 18.5. The van der Waals surface area contributed by atoms with Gasteiger partial charge in [0.15, 0.2) is 0 Å². The van der Waals surface area contributed by atoms with Crippen LogP contribution in [0.5, 0.6) is 0 Å². The molecule has 0 aliphatic carbocycles. The average molecular weight is 311 g/mol. The highest BCUT2D eigenvalue weighted by molar-refractivity contribution is 7.09. The molecular formula is C15H25N3O2S. The van der Waals surface area contributed by atoms with Gasteiger partial charge in [0.25, 0.3) is 0 Å². The summed E-state index contributed by atoms with van der Waals surface area (Å²) < 4.78 is 5.27. The minimum Gasteiger partial charge on any atom is -0.378 e. The maximum Gasteiger partial charge on any atom is 0.224 e. The summed E-state index contributed by atoms with van der Waals surface area (Å²) in [5.41, 5.74) is 0.908. The number of rotatable bonds is 6. The molecule has 118 valence electrons. The number of hydrogen-bond acceptors (Lipinski definition) is 5. The van der Waals surface area contributed by atoms with Crippen LogP contribution in [0, 0.1) is 6.92 Å². The Balaban J connectivity index is 1.84. The number of morpholine rings is 1. The highest BCUT2D eigenvalue weighted by atomic mass is 32.1. The van der Waals surface area contributed by atoms with Crippen LogP contribution in [0.3, 0.4) is 0 Å². The van der Waals surface area contributed by atoms with Crippen molar-refractivity contribution in [3.05, 3.63) is 16.1 Å². The van der Waals surface area contributed by atoms with E-state index in [2.05, 4.69) is 29.5 Å². The van der Waals surface area contributed by atoms with Crippen LogP contribution in [0.25, 0.3) is 0 Å². The zero-order chi connectivity index (χ0) is 15.3. The molecule has 6 heteroatoms. The summed E-state index contributed by atoms with van der Waals surface area (Å²) in [6, 6.07) is 0. The van der Waals surface area contributed by atoms with Gasteiger partial charge in [0.1, 0.15) is 5.01 Å². The zero-order valence-corrected chi connectivity index (χ0v) is 14.0. The Hall–Kier alpha value is -0.980. The maximum atomic E-state index is 12.1. The highest BCUT2D eigenvalue weighted by Crippen LogP contribution is 2.27. The molecule has 0 aromatic carbocycles. The summed E-state index contributed by atoms with van der Waals surface area (Å²) in [5, 5.41) is 6.69. The summed E-state index contributed by atoms with van der Waals surface area (Å²) in [6.07, 6.45) is 1.48.